The second kappa shape index (κ2) is 6.77. The van der Waals surface area contributed by atoms with Gasteiger partial charge in [-0.2, -0.15) is 0 Å². The van der Waals surface area contributed by atoms with Crippen LogP contribution >= 0.6 is 0 Å². The molecule has 0 aromatic heterocycles. The van der Waals surface area contributed by atoms with Gasteiger partial charge in [-0.15, -0.1) is 0 Å². The van der Waals surface area contributed by atoms with E-state index in [1.807, 2.05) is 0 Å². The van der Waals surface area contributed by atoms with Gasteiger partial charge in [-0.1, -0.05) is 19.8 Å². The van der Waals surface area contributed by atoms with Crippen LogP contribution in [0.3, 0.4) is 0 Å². The lowest BCUT2D eigenvalue weighted by Crippen LogP contribution is -2.46. The summed E-state index contributed by atoms with van der Waals surface area (Å²) in [4.78, 5) is 13.5. The molecule has 1 fully saturated rings. The highest BCUT2D eigenvalue weighted by atomic mass is 16.5. The standard InChI is InChI=1S/C14H24N2O2.H2/c1-5-6-13(17)16-8-7-14(11-16,18-4)10-15-9-12(2)3;/h12,15H,7-11H2,1-4H3;1H. The third-order valence-corrected chi connectivity index (χ3v) is 3.27. The first kappa shape index (κ1) is 15.0. The summed E-state index contributed by atoms with van der Waals surface area (Å²) in [6, 6.07) is 0. The van der Waals surface area contributed by atoms with Crippen molar-refractivity contribution in [2.45, 2.75) is 32.8 Å². The molecule has 1 heterocycles. The number of carbonyl (C=O) groups excluding carboxylic acids is 1. The number of nitrogens with one attached hydrogen (secondary N) is 1. The lowest BCUT2D eigenvalue weighted by Gasteiger charge is -2.28. The van der Waals surface area contributed by atoms with Crippen LogP contribution in [0.5, 0.6) is 0 Å². The summed E-state index contributed by atoms with van der Waals surface area (Å²) in [7, 11) is 1.72. The molecule has 1 N–H and O–H groups in total. The van der Waals surface area contributed by atoms with E-state index >= 15 is 0 Å². The Labute approximate surface area is 112 Å². The zero-order chi connectivity index (χ0) is 13.6. The highest BCUT2D eigenvalue weighted by molar-refractivity contribution is 5.93. The van der Waals surface area contributed by atoms with E-state index in [4.69, 9.17) is 4.74 Å². The molecule has 0 saturated carbocycles. The molecule has 0 bridgehead atoms. The zero-order valence-electron chi connectivity index (χ0n) is 11.9. The van der Waals surface area contributed by atoms with Crippen molar-refractivity contribution < 1.29 is 11.0 Å². The number of nitrogens with zero attached hydrogens (tertiary/aromatic N) is 1. The molecule has 104 valence electrons. The number of likely N-dealkylation sites (tertiary alicyclic amines) is 1. The molecule has 0 aromatic carbocycles. The van der Waals surface area contributed by atoms with Crippen molar-refractivity contribution in [1.82, 2.24) is 10.2 Å². The van der Waals surface area contributed by atoms with Crippen molar-refractivity contribution in [3.63, 3.8) is 0 Å². The molecular weight excluding hydrogens is 228 g/mol. The van der Waals surface area contributed by atoms with E-state index in [9.17, 15) is 4.79 Å². The molecule has 1 rings (SSSR count). The Kier molecular flexibility index (Phi) is 5.64. The normalized spacial score (nSPS) is 23.1. The van der Waals surface area contributed by atoms with Gasteiger partial charge >= 0.3 is 0 Å². The van der Waals surface area contributed by atoms with Crippen molar-refractivity contribution in [3.05, 3.63) is 0 Å². The molecule has 0 aromatic rings. The van der Waals surface area contributed by atoms with E-state index in [0.717, 1.165) is 26.1 Å². The molecule has 4 nitrogen and oxygen atoms in total. The Morgan fingerprint density at radius 2 is 2.33 bits per heavy atom. The van der Waals surface area contributed by atoms with E-state index in [-0.39, 0.29) is 12.9 Å². The predicted octanol–water partition coefficient (Wildman–Crippen LogP) is 1.12. The van der Waals surface area contributed by atoms with Crippen molar-refractivity contribution in [2.24, 2.45) is 5.92 Å². The largest absolute Gasteiger partial charge is 0.375 e. The van der Waals surface area contributed by atoms with Crippen molar-refractivity contribution in [2.75, 3.05) is 33.3 Å². The maximum atomic E-state index is 11.7. The van der Waals surface area contributed by atoms with Crippen LogP contribution in [-0.4, -0.2) is 49.7 Å². The van der Waals surface area contributed by atoms with E-state index in [1.165, 1.54) is 0 Å². The summed E-state index contributed by atoms with van der Waals surface area (Å²) in [5.74, 6) is 5.75. The fourth-order valence-corrected chi connectivity index (χ4v) is 2.18. The maximum absolute atomic E-state index is 11.7. The number of carbonyl (C=O) groups is 1. The van der Waals surface area contributed by atoms with Crippen molar-refractivity contribution >= 4 is 5.91 Å². The average Bonchev–Trinajstić information content (AvgIpc) is 2.74. The highest BCUT2D eigenvalue weighted by Gasteiger charge is 2.39. The zero-order valence-corrected chi connectivity index (χ0v) is 11.9. The fraction of sp³-hybridized carbons (Fsp3) is 0.786. The molecule has 0 spiro atoms. The Balaban J connectivity index is 0.00000324. The summed E-state index contributed by atoms with van der Waals surface area (Å²) < 4.78 is 5.63. The van der Waals surface area contributed by atoms with E-state index in [2.05, 4.69) is 31.0 Å². The minimum Gasteiger partial charge on any atom is -0.375 e. The smallest absolute Gasteiger partial charge is 0.298 e. The van der Waals surface area contributed by atoms with E-state index in [0.29, 0.717) is 12.5 Å². The molecule has 1 atom stereocenters. The van der Waals surface area contributed by atoms with Crippen molar-refractivity contribution in [1.29, 1.82) is 0 Å². The number of amides is 1. The van der Waals surface area contributed by atoms with E-state index < -0.39 is 0 Å². The SMILES string of the molecule is CC#CC(=O)N1CCC(CNCC(C)C)(OC)C1.[HH]. The number of rotatable bonds is 5. The second-order valence-corrected chi connectivity index (χ2v) is 5.26. The summed E-state index contributed by atoms with van der Waals surface area (Å²) in [5.41, 5.74) is -0.250. The first-order chi connectivity index (χ1) is 8.53. The monoisotopic (exact) mass is 254 g/mol. The molecule has 1 unspecified atom stereocenters. The summed E-state index contributed by atoms with van der Waals surface area (Å²) in [6.07, 6.45) is 0.867. The van der Waals surface area contributed by atoms with Gasteiger partial charge in [-0.05, 0) is 31.7 Å². The lowest BCUT2D eigenvalue weighted by molar-refractivity contribution is -0.125. The van der Waals surface area contributed by atoms with Gasteiger partial charge in [0, 0.05) is 21.6 Å². The molecule has 1 aliphatic rings. The fourth-order valence-electron chi connectivity index (χ4n) is 2.18. The predicted molar refractivity (Wildman–Crippen MR) is 74.2 cm³/mol. The minimum atomic E-state index is -0.250. The summed E-state index contributed by atoms with van der Waals surface area (Å²) >= 11 is 0. The Bertz CT molecular complexity index is 349. The molecule has 4 heteroatoms. The van der Waals surface area contributed by atoms with Crippen LogP contribution in [0.2, 0.25) is 0 Å². The molecule has 18 heavy (non-hydrogen) atoms. The van der Waals surface area contributed by atoms with Crippen LogP contribution in [-0.2, 0) is 9.53 Å². The number of methoxy groups -OCH3 is 1. The van der Waals surface area contributed by atoms with Crippen LogP contribution in [0.15, 0.2) is 0 Å². The quantitative estimate of drug-likeness (QED) is 0.748. The van der Waals surface area contributed by atoms with Gasteiger partial charge in [0.15, 0.2) is 0 Å². The van der Waals surface area contributed by atoms with Gasteiger partial charge in [0.05, 0.1) is 12.1 Å². The molecule has 0 radical (unpaired) electrons. The highest BCUT2D eigenvalue weighted by Crippen LogP contribution is 2.24. The number of hydrogen-bond acceptors (Lipinski definition) is 3. The maximum Gasteiger partial charge on any atom is 0.298 e. The molecular formula is C14H26N2O2. The first-order valence-corrected chi connectivity index (χ1v) is 6.50. The molecule has 0 aliphatic carbocycles. The molecule has 1 aliphatic heterocycles. The Morgan fingerprint density at radius 3 is 2.89 bits per heavy atom. The van der Waals surface area contributed by atoms with Gasteiger partial charge < -0.3 is 15.0 Å². The van der Waals surface area contributed by atoms with Gasteiger partial charge in [0.25, 0.3) is 5.91 Å². The molecule has 1 saturated heterocycles. The van der Waals surface area contributed by atoms with Crippen LogP contribution in [0, 0.1) is 17.8 Å². The summed E-state index contributed by atoms with van der Waals surface area (Å²) in [6.45, 7) is 9.13. The number of ether oxygens (including phenoxy) is 1. The summed E-state index contributed by atoms with van der Waals surface area (Å²) in [5, 5.41) is 3.41. The van der Waals surface area contributed by atoms with Gasteiger partial charge in [-0.3, -0.25) is 4.79 Å². The van der Waals surface area contributed by atoms with Crippen LogP contribution in [0.4, 0.5) is 0 Å². The van der Waals surface area contributed by atoms with Gasteiger partial charge in [0.2, 0.25) is 0 Å². The van der Waals surface area contributed by atoms with Gasteiger partial charge in [-0.25, -0.2) is 0 Å². The average molecular weight is 254 g/mol. The second-order valence-electron chi connectivity index (χ2n) is 5.26. The third-order valence-electron chi connectivity index (χ3n) is 3.27. The van der Waals surface area contributed by atoms with Crippen LogP contribution in [0.25, 0.3) is 0 Å². The lowest BCUT2D eigenvalue weighted by atomic mass is 10.0. The third kappa shape index (κ3) is 4.01. The van der Waals surface area contributed by atoms with E-state index in [1.54, 1.807) is 18.9 Å². The first-order valence-electron chi connectivity index (χ1n) is 6.50. The van der Waals surface area contributed by atoms with Crippen LogP contribution < -0.4 is 5.32 Å². The Hall–Kier alpha value is -1.05. The van der Waals surface area contributed by atoms with Gasteiger partial charge in [0.1, 0.15) is 0 Å². The number of hydrogen-bond donors (Lipinski definition) is 1. The molecule has 1 amide bonds. The van der Waals surface area contributed by atoms with Crippen molar-refractivity contribution in [3.8, 4) is 11.8 Å². The van der Waals surface area contributed by atoms with Crippen LogP contribution in [0.1, 0.15) is 28.6 Å². The topological polar surface area (TPSA) is 41.6 Å². The minimum absolute atomic E-state index is 0. The Morgan fingerprint density at radius 1 is 1.61 bits per heavy atom.